The van der Waals surface area contributed by atoms with Gasteiger partial charge in [-0.3, -0.25) is 9.59 Å². The molecule has 0 bridgehead atoms. The minimum absolute atomic E-state index is 0.229. The zero-order valence-corrected chi connectivity index (χ0v) is 17.1. The highest BCUT2D eigenvalue weighted by Crippen LogP contribution is 2.43. The Labute approximate surface area is 166 Å². The molecular formula is C17H17BrFN3O2S2. The Bertz CT molecular complexity index is 875. The van der Waals surface area contributed by atoms with Crippen LogP contribution >= 0.6 is 38.6 Å². The highest BCUT2D eigenvalue weighted by atomic mass is 79.9. The van der Waals surface area contributed by atoms with Gasteiger partial charge in [-0.15, -0.1) is 22.7 Å². The maximum atomic E-state index is 14.0. The topological polar surface area (TPSA) is 71.1 Å². The quantitative estimate of drug-likeness (QED) is 0.705. The average Bonchev–Trinajstić information content (AvgIpc) is 3.08. The second-order valence-corrected chi connectivity index (χ2v) is 10.1. The molecule has 2 amide bonds. The highest BCUT2D eigenvalue weighted by molar-refractivity contribution is 9.11. The largest absolute Gasteiger partial charge is 0.347 e. The van der Waals surface area contributed by atoms with Gasteiger partial charge in [-0.1, -0.05) is 0 Å². The number of thiophene rings is 1. The van der Waals surface area contributed by atoms with E-state index in [0.29, 0.717) is 17.1 Å². The number of halogens is 2. The van der Waals surface area contributed by atoms with Crippen LogP contribution in [0.3, 0.4) is 0 Å². The van der Waals surface area contributed by atoms with Gasteiger partial charge in [-0.05, 0) is 60.0 Å². The van der Waals surface area contributed by atoms with Crippen molar-refractivity contribution in [3.05, 3.63) is 31.0 Å². The number of hydrogen-bond donors (Lipinski definition) is 2. The summed E-state index contributed by atoms with van der Waals surface area (Å²) < 4.78 is 14.8. The molecule has 1 saturated carbocycles. The van der Waals surface area contributed by atoms with Gasteiger partial charge in [-0.2, -0.15) is 0 Å². The van der Waals surface area contributed by atoms with Crippen molar-refractivity contribution in [3.63, 3.8) is 0 Å². The van der Waals surface area contributed by atoms with E-state index in [2.05, 4.69) is 31.5 Å². The van der Waals surface area contributed by atoms with E-state index < -0.39 is 11.6 Å². The van der Waals surface area contributed by atoms with Crippen LogP contribution in [0.4, 0.5) is 9.39 Å². The van der Waals surface area contributed by atoms with E-state index in [1.54, 1.807) is 6.20 Å². The van der Waals surface area contributed by atoms with Crippen LogP contribution in [0.2, 0.25) is 0 Å². The third kappa shape index (κ3) is 3.57. The van der Waals surface area contributed by atoms with Crippen LogP contribution in [0, 0.1) is 0 Å². The Balaban J connectivity index is 1.57. The first kappa shape index (κ1) is 18.1. The standard InChI is InChI=1S/C17H17BrFN3O2S2/c18-16-21-8-9(25-16)7-20-13(23)12-10-3-1-2-4-11(10)26-14(12)22-15(24)17(19)5-6-17/h8H,1-7H2,(H,20,23)(H,22,24). The van der Waals surface area contributed by atoms with Crippen LogP contribution < -0.4 is 10.6 Å². The van der Waals surface area contributed by atoms with Crippen molar-refractivity contribution in [1.29, 1.82) is 0 Å². The monoisotopic (exact) mass is 457 g/mol. The minimum atomic E-state index is -1.76. The van der Waals surface area contributed by atoms with Crippen molar-refractivity contribution in [2.45, 2.75) is 50.7 Å². The van der Waals surface area contributed by atoms with E-state index in [1.165, 1.54) is 22.7 Å². The normalized spacial score (nSPS) is 17.5. The third-order valence-corrected chi connectivity index (χ3v) is 7.35. The number of anilines is 1. The molecule has 2 aromatic rings. The predicted molar refractivity (Wildman–Crippen MR) is 104 cm³/mol. The van der Waals surface area contributed by atoms with Gasteiger partial charge in [-0.25, -0.2) is 9.37 Å². The van der Waals surface area contributed by atoms with E-state index >= 15 is 0 Å². The van der Waals surface area contributed by atoms with Crippen LogP contribution in [-0.4, -0.2) is 22.5 Å². The summed E-state index contributed by atoms with van der Waals surface area (Å²) in [5.74, 6) is -0.857. The van der Waals surface area contributed by atoms with Crippen LogP contribution in [0.25, 0.3) is 0 Å². The number of aryl methyl sites for hydroxylation is 1. The Kier molecular flexibility index (Phi) is 4.87. The molecule has 9 heteroatoms. The van der Waals surface area contributed by atoms with Crippen LogP contribution in [-0.2, 0) is 24.2 Å². The first-order valence-electron chi connectivity index (χ1n) is 8.49. The zero-order chi connectivity index (χ0) is 18.3. The Hall–Kier alpha value is -1.32. The first-order chi connectivity index (χ1) is 12.5. The minimum Gasteiger partial charge on any atom is -0.347 e. The second-order valence-electron chi connectivity index (χ2n) is 6.60. The number of amides is 2. The molecule has 138 valence electrons. The number of hydrogen-bond acceptors (Lipinski definition) is 5. The lowest BCUT2D eigenvalue weighted by Gasteiger charge is -2.13. The molecule has 26 heavy (non-hydrogen) atoms. The fourth-order valence-electron chi connectivity index (χ4n) is 3.07. The molecule has 0 radical (unpaired) electrons. The smallest absolute Gasteiger partial charge is 0.262 e. The Morgan fingerprint density at radius 2 is 2.04 bits per heavy atom. The number of alkyl halides is 1. The number of carbonyl (C=O) groups is 2. The summed E-state index contributed by atoms with van der Waals surface area (Å²) >= 11 is 6.17. The average molecular weight is 458 g/mol. The lowest BCUT2D eigenvalue weighted by Crippen LogP contribution is -2.28. The fraction of sp³-hybridized carbons (Fsp3) is 0.471. The molecule has 0 spiro atoms. The number of thiazole rings is 1. The lowest BCUT2D eigenvalue weighted by atomic mass is 9.95. The molecule has 0 atom stereocenters. The van der Waals surface area contributed by atoms with Crippen LogP contribution in [0.5, 0.6) is 0 Å². The SMILES string of the molecule is O=C(NCc1cnc(Br)s1)c1c(NC(=O)C2(F)CC2)sc2c1CCCC2. The molecule has 2 heterocycles. The van der Waals surface area contributed by atoms with Gasteiger partial charge in [0.25, 0.3) is 11.8 Å². The van der Waals surface area contributed by atoms with Crippen molar-refractivity contribution in [2.24, 2.45) is 0 Å². The molecule has 0 aliphatic heterocycles. The second kappa shape index (κ2) is 7.01. The van der Waals surface area contributed by atoms with Crippen molar-refractivity contribution in [1.82, 2.24) is 10.3 Å². The lowest BCUT2D eigenvalue weighted by molar-refractivity contribution is -0.122. The van der Waals surface area contributed by atoms with E-state index in [4.69, 9.17) is 0 Å². The summed E-state index contributed by atoms with van der Waals surface area (Å²) in [6.07, 6.45) is 6.03. The van der Waals surface area contributed by atoms with Crippen molar-refractivity contribution in [2.75, 3.05) is 5.32 Å². The van der Waals surface area contributed by atoms with E-state index in [1.807, 2.05) is 0 Å². The number of nitrogens with zero attached hydrogens (tertiary/aromatic N) is 1. The highest BCUT2D eigenvalue weighted by Gasteiger charge is 2.51. The number of rotatable bonds is 5. The maximum Gasteiger partial charge on any atom is 0.262 e. The van der Waals surface area contributed by atoms with Gasteiger partial charge in [0.1, 0.15) is 5.00 Å². The molecule has 2 aliphatic carbocycles. The summed E-state index contributed by atoms with van der Waals surface area (Å²) in [7, 11) is 0. The zero-order valence-electron chi connectivity index (χ0n) is 13.9. The molecule has 2 N–H and O–H groups in total. The van der Waals surface area contributed by atoms with Gasteiger partial charge in [0.15, 0.2) is 9.59 Å². The molecule has 5 nitrogen and oxygen atoms in total. The number of nitrogens with one attached hydrogen (secondary N) is 2. The van der Waals surface area contributed by atoms with Crippen molar-refractivity contribution in [3.8, 4) is 0 Å². The number of aromatic nitrogens is 1. The molecular weight excluding hydrogens is 441 g/mol. The third-order valence-electron chi connectivity index (χ3n) is 4.67. The van der Waals surface area contributed by atoms with E-state index in [0.717, 1.165) is 44.9 Å². The first-order valence-corrected chi connectivity index (χ1v) is 10.9. The van der Waals surface area contributed by atoms with Gasteiger partial charge in [0.2, 0.25) is 0 Å². The molecule has 4 rings (SSSR count). The molecule has 2 aliphatic rings. The Morgan fingerprint density at radius 3 is 2.73 bits per heavy atom. The van der Waals surface area contributed by atoms with E-state index in [-0.39, 0.29) is 18.7 Å². The summed E-state index contributed by atoms with van der Waals surface area (Å²) in [6.45, 7) is 0.368. The summed E-state index contributed by atoms with van der Waals surface area (Å²) in [5.41, 5.74) is -0.248. The molecule has 0 saturated heterocycles. The summed E-state index contributed by atoms with van der Waals surface area (Å²) in [5, 5.41) is 6.07. The van der Waals surface area contributed by atoms with Crippen LogP contribution in [0.15, 0.2) is 10.1 Å². The predicted octanol–water partition coefficient (Wildman–Crippen LogP) is 4.22. The summed E-state index contributed by atoms with van der Waals surface area (Å²) in [4.78, 5) is 31.2. The molecule has 0 aromatic carbocycles. The maximum absolute atomic E-state index is 14.0. The van der Waals surface area contributed by atoms with Gasteiger partial charge in [0.05, 0.1) is 12.1 Å². The number of fused-ring (bicyclic) bond motifs is 1. The van der Waals surface area contributed by atoms with Crippen molar-refractivity contribution < 1.29 is 14.0 Å². The van der Waals surface area contributed by atoms with Gasteiger partial charge >= 0.3 is 0 Å². The molecule has 0 unspecified atom stereocenters. The van der Waals surface area contributed by atoms with E-state index in [9.17, 15) is 14.0 Å². The Morgan fingerprint density at radius 1 is 1.27 bits per heavy atom. The fourth-order valence-corrected chi connectivity index (χ4v) is 5.65. The molecule has 1 fully saturated rings. The van der Waals surface area contributed by atoms with Gasteiger partial charge < -0.3 is 10.6 Å². The number of carbonyl (C=O) groups excluding carboxylic acids is 2. The van der Waals surface area contributed by atoms with Crippen LogP contribution in [0.1, 0.15) is 51.4 Å². The van der Waals surface area contributed by atoms with Gasteiger partial charge in [0, 0.05) is 16.0 Å². The summed E-state index contributed by atoms with van der Waals surface area (Å²) in [6, 6.07) is 0. The van der Waals surface area contributed by atoms with Crippen molar-refractivity contribution >= 4 is 55.4 Å². The molecule has 2 aromatic heterocycles.